The Morgan fingerprint density at radius 3 is 2.75 bits per heavy atom. The summed E-state index contributed by atoms with van der Waals surface area (Å²) in [6.45, 7) is 0.590. The van der Waals surface area contributed by atoms with E-state index in [0.717, 1.165) is 61.8 Å². The van der Waals surface area contributed by atoms with Gasteiger partial charge in [-0.3, -0.25) is 9.89 Å². The molecule has 0 radical (unpaired) electrons. The number of amides is 1. The highest BCUT2D eigenvalue weighted by Gasteiger charge is 2.50. The van der Waals surface area contributed by atoms with Crippen LogP contribution in [0.25, 0.3) is 0 Å². The van der Waals surface area contributed by atoms with E-state index in [4.69, 9.17) is 0 Å². The van der Waals surface area contributed by atoms with Gasteiger partial charge in [-0.15, -0.1) is 0 Å². The van der Waals surface area contributed by atoms with Crippen LogP contribution in [-0.2, 0) is 18.4 Å². The van der Waals surface area contributed by atoms with Crippen molar-refractivity contribution in [1.82, 2.24) is 15.1 Å². The Morgan fingerprint density at radius 1 is 1.11 bits per heavy atom. The Bertz CT molecular complexity index is 862. The fourth-order valence-electron chi connectivity index (χ4n) is 5.81. The summed E-state index contributed by atoms with van der Waals surface area (Å²) in [6, 6.07) is 10.2. The summed E-state index contributed by atoms with van der Waals surface area (Å²) >= 11 is 0. The molecule has 0 unspecified atom stereocenters. The summed E-state index contributed by atoms with van der Waals surface area (Å²) in [7, 11) is 0. The highest BCUT2D eigenvalue weighted by Crippen LogP contribution is 2.47. The zero-order valence-electron chi connectivity index (χ0n) is 16.4. The van der Waals surface area contributed by atoms with Crippen LogP contribution >= 0.6 is 0 Å². The number of rotatable bonds is 2. The number of aliphatic hydroxyl groups is 1. The monoisotopic (exact) mass is 379 g/mol. The number of piperidine rings is 1. The number of nitrogens with one attached hydrogen (secondary N) is 1. The van der Waals surface area contributed by atoms with Crippen LogP contribution in [0.4, 0.5) is 0 Å². The predicted octanol–water partition coefficient (Wildman–Crippen LogP) is 3.58. The van der Waals surface area contributed by atoms with Gasteiger partial charge in [0.05, 0.1) is 5.60 Å². The summed E-state index contributed by atoms with van der Waals surface area (Å²) in [6.07, 6.45) is 9.02. The van der Waals surface area contributed by atoms with Crippen LogP contribution in [0.5, 0.6) is 0 Å². The van der Waals surface area contributed by atoms with Crippen molar-refractivity contribution in [3.63, 3.8) is 0 Å². The van der Waals surface area contributed by atoms with E-state index in [-0.39, 0.29) is 17.9 Å². The van der Waals surface area contributed by atoms with Crippen LogP contribution < -0.4 is 0 Å². The first-order valence-corrected chi connectivity index (χ1v) is 10.8. The molecule has 1 saturated carbocycles. The number of nitrogens with zero attached hydrogens (tertiary/aromatic N) is 2. The molecule has 2 aromatic rings. The van der Waals surface area contributed by atoms with Crippen LogP contribution in [-0.4, -0.2) is 38.7 Å². The summed E-state index contributed by atoms with van der Waals surface area (Å²) in [4.78, 5) is 15.5. The molecular formula is C23H29N3O2. The molecule has 1 saturated heterocycles. The quantitative estimate of drug-likeness (QED) is 0.838. The lowest BCUT2D eigenvalue weighted by molar-refractivity contribution is -0.110. The van der Waals surface area contributed by atoms with Gasteiger partial charge in [0.15, 0.2) is 5.69 Å². The molecular weight excluding hydrogens is 350 g/mol. The molecule has 5 heteroatoms. The van der Waals surface area contributed by atoms with Crippen molar-refractivity contribution in [2.75, 3.05) is 6.54 Å². The second-order valence-corrected chi connectivity index (χ2v) is 8.73. The molecule has 1 aromatic carbocycles. The normalized spacial score (nSPS) is 29.8. The van der Waals surface area contributed by atoms with E-state index in [2.05, 4.69) is 10.2 Å². The van der Waals surface area contributed by atoms with Gasteiger partial charge >= 0.3 is 0 Å². The third kappa shape index (κ3) is 2.79. The van der Waals surface area contributed by atoms with Gasteiger partial charge in [0.1, 0.15) is 0 Å². The Balaban J connectivity index is 1.46. The van der Waals surface area contributed by atoms with Crippen molar-refractivity contribution in [3.8, 4) is 0 Å². The van der Waals surface area contributed by atoms with Crippen molar-refractivity contribution < 1.29 is 9.90 Å². The minimum Gasteiger partial charge on any atom is -0.385 e. The lowest BCUT2D eigenvalue weighted by Gasteiger charge is -2.52. The molecule has 148 valence electrons. The van der Waals surface area contributed by atoms with Crippen LogP contribution in [0.2, 0.25) is 0 Å². The Hall–Kier alpha value is -2.14. The number of aromatic nitrogens is 2. The maximum atomic E-state index is 13.5. The zero-order chi connectivity index (χ0) is 19.1. The summed E-state index contributed by atoms with van der Waals surface area (Å²) in [5.74, 6) is 0.155. The standard InChI is InChI=1S/C23H29N3O2/c27-22(21-17-10-4-6-12-19(17)24-25-21)26-15-14-23(28,16-8-2-1-3-9-16)18-11-5-7-13-20(18)26/h1-3,8-9,18,20,28H,4-7,10-15H2,(H,24,25)/t18-,20+,23-/m0/s1. The maximum absolute atomic E-state index is 13.5. The van der Waals surface area contributed by atoms with Gasteiger partial charge in [-0.1, -0.05) is 43.2 Å². The Labute approximate surface area is 166 Å². The van der Waals surface area contributed by atoms with Crippen LogP contribution in [0.3, 0.4) is 0 Å². The van der Waals surface area contributed by atoms with E-state index in [9.17, 15) is 9.90 Å². The average molecular weight is 380 g/mol. The van der Waals surface area contributed by atoms with Crippen molar-refractivity contribution in [2.24, 2.45) is 5.92 Å². The lowest BCUT2D eigenvalue weighted by atomic mass is 9.66. The number of aromatic amines is 1. The number of carbonyl (C=O) groups is 1. The molecule has 2 aliphatic carbocycles. The number of likely N-dealkylation sites (tertiary alicyclic amines) is 1. The summed E-state index contributed by atoms with van der Waals surface area (Å²) < 4.78 is 0. The Morgan fingerprint density at radius 2 is 1.89 bits per heavy atom. The molecule has 2 N–H and O–H groups in total. The number of hydrogen-bond donors (Lipinski definition) is 2. The first-order chi connectivity index (χ1) is 13.7. The molecule has 3 atom stereocenters. The zero-order valence-corrected chi connectivity index (χ0v) is 16.4. The number of benzene rings is 1. The summed E-state index contributed by atoms with van der Waals surface area (Å²) in [5, 5.41) is 19.2. The second kappa shape index (κ2) is 7.03. The fourth-order valence-corrected chi connectivity index (χ4v) is 5.81. The molecule has 5 nitrogen and oxygen atoms in total. The van der Waals surface area contributed by atoms with E-state index in [0.29, 0.717) is 18.7 Å². The van der Waals surface area contributed by atoms with Gasteiger partial charge in [0.2, 0.25) is 0 Å². The average Bonchev–Trinajstić information content (AvgIpc) is 3.19. The van der Waals surface area contributed by atoms with E-state index >= 15 is 0 Å². The third-order valence-corrected chi connectivity index (χ3v) is 7.27. The van der Waals surface area contributed by atoms with Crippen LogP contribution in [0.15, 0.2) is 30.3 Å². The molecule has 2 fully saturated rings. The fraction of sp³-hybridized carbons (Fsp3) is 0.565. The molecule has 1 aliphatic heterocycles. The highest BCUT2D eigenvalue weighted by molar-refractivity contribution is 5.94. The van der Waals surface area contributed by atoms with Gasteiger partial charge in [-0.25, -0.2) is 0 Å². The molecule has 1 amide bonds. The largest absolute Gasteiger partial charge is 0.385 e. The molecule has 0 bridgehead atoms. The van der Waals surface area contributed by atoms with Crippen molar-refractivity contribution >= 4 is 5.91 Å². The van der Waals surface area contributed by atoms with E-state index in [1.165, 1.54) is 6.42 Å². The van der Waals surface area contributed by atoms with Crippen molar-refractivity contribution in [2.45, 2.75) is 69.4 Å². The highest BCUT2D eigenvalue weighted by atomic mass is 16.3. The number of H-pyrrole nitrogens is 1. The summed E-state index contributed by atoms with van der Waals surface area (Å²) in [5.41, 5.74) is 3.06. The second-order valence-electron chi connectivity index (χ2n) is 8.73. The topological polar surface area (TPSA) is 69.2 Å². The molecule has 5 rings (SSSR count). The van der Waals surface area contributed by atoms with Gasteiger partial charge < -0.3 is 10.0 Å². The molecule has 0 spiro atoms. The molecule has 1 aromatic heterocycles. The Kier molecular flexibility index (Phi) is 4.50. The van der Waals surface area contributed by atoms with E-state index in [1.807, 2.05) is 35.2 Å². The third-order valence-electron chi connectivity index (χ3n) is 7.27. The first kappa shape index (κ1) is 17.9. The SMILES string of the molecule is O=C(c1n[nH]c2c1CCCC2)N1CC[C@](O)(c2ccccc2)[C@H]2CCCC[C@H]21. The van der Waals surface area contributed by atoms with Gasteiger partial charge in [-0.05, 0) is 50.5 Å². The van der Waals surface area contributed by atoms with Crippen LogP contribution in [0, 0.1) is 5.92 Å². The number of aryl methyl sites for hydroxylation is 1. The number of carbonyl (C=O) groups excluding carboxylic acids is 1. The van der Waals surface area contributed by atoms with Crippen molar-refractivity contribution in [3.05, 3.63) is 52.8 Å². The lowest BCUT2D eigenvalue weighted by Crippen LogP contribution is -2.59. The molecule has 3 aliphatic rings. The van der Waals surface area contributed by atoms with E-state index in [1.54, 1.807) is 0 Å². The van der Waals surface area contributed by atoms with Gasteiger partial charge in [0.25, 0.3) is 5.91 Å². The maximum Gasteiger partial charge on any atom is 0.274 e. The predicted molar refractivity (Wildman–Crippen MR) is 107 cm³/mol. The number of fused-ring (bicyclic) bond motifs is 2. The minimum absolute atomic E-state index is 0.0615. The first-order valence-electron chi connectivity index (χ1n) is 10.8. The van der Waals surface area contributed by atoms with Crippen LogP contribution in [0.1, 0.15) is 72.3 Å². The smallest absolute Gasteiger partial charge is 0.274 e. The van der Waals surface area contributed by atoms with Crippen molar-refractivity contribution in [1.29, 1.82) is 0 Å². The van der Waals surface area contributed by atoms with Gasteiger partial charge in [-0.2, -0.15) is 5.10 Å². The molecule has 2 heterocycles. The van der Waals surface area contributed by atoms with Gasteiger partial charge in [0, 0.05) is 29.8 Å². The molecule has 28 heavy (non-hydrogen) atoms. The van der Waals surface area contributed by atoms with E-state index < -0.39 is 5.60 Å². The minimum atomic E-state index is -0.839. The number of hydrogen-bond acceptors (Lipinski definition) is 3.